The van der Waals surface area contributed by atoms with E-state index >= 15 is 0 Å². The Hall–Kier alpha value is -2.74. The van der Waals surface area contributed by atoms with Crippen LogP contribution in [0.25, 0.3) is 5.65 Å². The average molecular weight is 372 g/mol. The van der Waals surface area contributed by atoms with E-state index in [0.717, 1.165) is 22.5 Å². The van der Waals surface area contributed by atoms with Gasteiger partial charge in [-0.15, -0.1) is 0 Å². The molecule has 8 heteroatoms. The molecule has 1 amide bonds. The van der Waals surface area contributed by atoms with Crippen molar-refractivity contribution in [1.29, 1.82) is 0 Å². The number of esters is 1. The van der Waals surface area contributed by atoms with Gasteiger partial charge in [0.1, 0.15) is 10.5 Å². The number of nitrogens with zero attached hydrogens (tertiary/aromatic N) is 4. The molecule has 0 aromatic carbocycles. The smallest absolute Gasteiger partial charge is 0.350 e. The van der Waals surface area contributed by atoms with Gasteiger partial charge in [-0.1, -0.05) is 17.4 Å². The summed E-state index contributed by atoms with van der Waals surface area (Å²) in [7, 11) is 1.65. The lowest BCUT2D eigenvalue weighted by atomic mass is 10.3. The number of carbonyl (C=O) groups is 2. The van der Waals surface area contributed by atoms with Gasteiger partial charge in [0.05, 0.1) is 24.4 Å². The van der Waals surface area contributed by atoms with Crippen molar-refractivity contribution in [2.24, 2.45) is 0 Å². The van der Waals surface area contributed by atoms with Gasteiger partial charge in [0, 0.05) is 19.4 Å². The summed E-state index contributed by atoms with van der Waals surface area (Å²) in [6.07, 6.45) is 3.92. The molecule has 0 spiro atoms. The van der Waals surface area contributed by atoms with Crippen LogP contribution < -0.4 is 4.90 Å². The SMILES string of the molecule is CCOC(=O)c1sc(N(C)C(=O)Cc2cn3cccc(C)c3n2)nc1C. The predicted molar refractivity (Wildman–Crippen MR) is 99.9 cm³/mol. The van der Waals surface area contributed by atoms with E-state index in [2.05, 4.69) is 9.97 Å². The van der Waals surface area contributed by atoms with Crippen LogP contribution in [0, 0.1) is 13.8 Å². The number of imidazole rings is 1. The highest BCUT2D eigenvalue weighted by Gasteiger charge is 2.22. The number of amides is 1. The molecular formula is C18H20N4O3S. The Balaban J connectivity index is 1.78. The van der Waals surface area contributed by atoms with Crippen molar-refractivity contribution in [3.05, 3.63) is 46.4 Å². The van der Waals surface area contributed by atoms with Crippen LogP contribution in [-0.2, 0) is 16.0 Å². The Kier molecular flexibility index (Phi) is 5.03. The molecule has 7 nitrogen and oxygen atoms in total. The summed E-state index contributed by atoms with van der Waals surface area (Å²) in [6, 6.07) is 3.92. The van der Waals surface area contributed by atoms with Crippen LogP contribution in [0.2, 0.25) is 0 Å². The van der Waals surface area contributed by atoms with Crippen LogP contribution >= 0.6 is 11.3 Å². The maximum absolute atomic E-state index is 12.6. The Morgan fingerprint density at radius 2 is 2.08 bits per heavy atom. The monoisotopic (exact) mass is 372 g/mol. The molecule has 3 aromatic rings. The number of pyridine rings is 1. The Morgan fingerprint density at radius 1 is 1.31 bits per heavy atom. The number of hydrogen-bond donors (Lipinski definition) is 0. The van der Waals surface area contributed by atoms with E-state index in [9.17, 15) is 9.59 Å². The minimum Gasteiger partial charge on any atom is -0.462 e. The van der Waals surface area contributed by atoms with Crippen LogP contribution in [0.1, 0.15) is 33.5 Å². The molecule has 0 aliphatic carbocycles. The Morgan fingerprint density at radius 3 is 2.77 bits per heavy atom. The summed E-state index contributed by atoms with van der Waals surface area (Å²) in [5, 5.41) is 0.468. The number of rotatable bonds is 5. The Bertz CT molecular complexity index is 976. The number of hydrogen-bond acceptors (Lipinski definition) is 6. The molecule has 0 aliphatic heterocycles. The van der Waals surface area contributed by atoms with Crippen molar-refractivity contribution in [3.63, 3.8) is 0 Å². The van der Waals surface area contributed by atoms with Gasteiger partial charge < -0.3 is 9.14 Å². The molecule has 0 bridgehead atoms. The second-order valence-electron chi connectivity index (χ2n) is 5.92. The van der Waals surface area contributed by atoms with Crippen LogP contribution in [0.3, 0.4) is 0 Å². The van der Waals surface area contributed by atoms with E-state index in [1.165, 1.54) is 4.90 Å². The van der Waals surface area contributed by atoms with Gasteiger partial charge in [-0.25, -0.2) is 14.8 Å². The first kappa shape index (κ1) is 18.1. The van der Waals surface area contributed by atoms with Crippen LogP contribution in [0.5, 0.6) is 0 Å². The third-order valence-corrected chi connectivity index (χ3v) is 5.18. The highest BCUT2D eigenvalue weighted by Crippen LogP contribution is 2.26. The minimum atomic E-state index is -0.412. The molecule has 26 heavy (non-hydrogen) atoms. The first-order chi connectivity index (χ1) is 12.4. The molecule has 0 unspecified atom stereocenters. The number of anilines is 1. The van der Waals surface area contributed by atoms with Crippen molar-refractivity contribution in [1.82, 2.24) is 14.4 Å². The molecule has 3 heterocycles. The third kappa shape index (κ3) is 3.45. The maximum Gasteiger partial charge on any atom is 0.350 e. The molecule has 0 radical (unpaired) electrons. The highest BCUT2D eigenvalue weighted by molar-refractivity contribution is 7.17. The fraction of sp³-hybridized carbons (Fsp3) is 0.333. The first-order valence-corrected chi connectivity index (χ1v) is 9.06. The van der Waals surface area contributed by atoms with Gasteiger partial charge >= 0.3 is 5.97 Å². The fourth-order valence-corrected chi connectivity index (χ4v) is 3.52. The van der Waals surface area contributed by atoms with E-state index in [1.54, 1.807) is 20.9 Å². The summed E-state index contributed by atoms with van der Waals surface area (Å²) in [4.78, 5) is 35.3. The van der Waals surface area contributed by atoms with Crippen molar-refractivity contribution in [2.45, 2.75) is 27.2 Å². The normalized spacial score (nSPS) is 10.9. The number of carbonyl (C=O) groups excluding carboxylic acids is 2. The molecule has 3 aromatic heterocycles. The van der Waals surface area contributed by atoms with Gasteiger partial charge in [0.15, 0.2) is 5.13 Å². The summed E-state index contributed by atoms with van der Waals surface area (Å²) in [6.45, 7) is 5.76. The second-order valence-corrected chi connectivity index (χ2v) is 6.89. The summed E-state index contributed by atoms with van der Waals surface area (Å²) < 4.78 is 6.93. The number of ether oxygens (including phenoxy) is 1. The third-order valence-electron chi connectivity index (χ3n) is 3.97. The molecule has 0 atom stereocenters. The zero-order valence-electron chi connectivity index (χ0n) is 15.1. The molecule has 0 N–H and O–H groups in total. The average Bonchev–Trinajstić information content (AvgIpc) is 3.18. The van der Waals surface area contributed by atoms with E-state index in [1.807, 2.05) is 35.9 Å². The largest absolute Gasteiger partial charge is 0.462 e. The Labute approximate surface area is 155 Å². The molecule has 0 aliphatic rings. The quantitative estimate of drug-likeness (QED) is 0.644. The topological polar surface area (TPSA) is 76.8 Å². The predicted octanol–water partition coefficient (Wildman–Crippen LogP) is 2.79. The highest BCUT2D eigenvalue weighted by atomic mass is 32.1. The van der Waals surface area contributed by atoms with Crippen molar-refractivity contribution < 1.29 is 14.3 Å². The summed E-state index contributed by atoms with van der Waals surface area (Å²) in [5.74, 6) is -0.555. The number of fused-ring (bicyclic) bond motifs is 1. The van der Waals surface area contributed by atoms with Gasteiger partial charge in [-0.3, -0.25) is 9.69 Å². The number of thiazole rings is 1. The fourth-order valence-electron chi connectivity index (χ4n) is 2.58. The summed E-state index contributed by atoms with van der Waals surface area (Å²) in [5.41, 5.74) is 3.14. The van der Waals surface area contributed by atoms with Crippen molar-refractivity contribution in [3.8, 4) is 0 Å². The van der Waals surface area contributed by atoms with E-state index in [4.69, 9.17) is 4.74 Å². The number of aryl methyl sites for hydroxylation is 2. The number of aromatic nitrogens is 3. The van der Waals surface area contributed by atoms with Crippen LogP contribution in [-0.4, -0.2) is 39.9 Å². The molecule has 0 fully saturated rings. The molecule has 136 valence electrons. The van der Waals surface area contributed by atoms with E-state index in [0.29, 0.717) is 28.0 Å². The molecular weight excluding hydrogens is 352 g/mol. The molecule has 3 rings (SSSR count). The molecule has 0 saturated heterocycles. The lowest BCUT2D eigenvalue weighted by Crippen LogP contribution is -2.27. The zero-order chi connectivity index (χ0) is 18.8. The standard InChI is InChI=1S/C18H20N4O3S/c1-5-25-17(24)15-12(3)19-18(26-15)21(4)14(23)9-13-10-22-8-6-7-11(2)16(22)20-13/h6-8,10H,5,9H2,1-4H3. The molecule has 0 saturated carbocycles. The van der Waals surface area contributed by atoms with Gasteiger partial charge in [0.2, 0.25) is 5.91 Å². The van der Waals surface area contributed by atoms with Crippen molar-refractivity contribution >= 4 is 34.0 Å². The van der Waals surface area contributed by atoms with Gasteiger partial charge in [-0.2, -0.15) is 0 Å². The lowest BCUT2D eigenvalue weighted by Gasteiger charge is -2.12. The van der Waals surface area contributed by atoms with Crippen LogP contribution in [0.4, 0.5) is 5.13 Å². The van der Waals surface area contributed by atoms with Crippen LogP contribution in [0.15, 0.2) is 24.5 Å². The zero-order valence-corrected chi connectivity index (χ0v) is 16.0. The lowest BCUT2D eigenvalue weighted by molar-refractivity contribution is -0.117. The maximum atomic E-state index is 12.6. The van der Waals surface area contributed by atoms with E-state index < -0.39 is 5.97 Å². The summed E-state index contributed by atoms with van der Waals surface area (Å²) >= 11 is 1.16. The minimum absolute atomic E-state index is 0.143. The number of likely N-dealkylation sites (N-methyl/N-ethyl adjacent to an activating group) is 1. The second kappa shape index (κ2) is 7.25. The first-order valence-electron chi connectivity index (χ1n) is 8.25. The van der Waals surface area contributed by atoms with E-state index in [-0.39, 0.29) is 12.3 Å². The van der Waals surface area contributed by atoms with Gasteiger partial charge in [0.25, 0.3) is 0 Å². The van der Waals surface area contributed by atoms with Crippen molar-refractivity contribution in [2.75, 3.05) is 18.6 Å². The van der Waals surface area contributed by atoms with Gasteiger partial charge in [-0.05, 0) is 32.4 Å².